The van der Waals surface area contributed by atoms with Gasteiger partial charge in [-0.1, -0.05) is 18.2 Å². The Labute approximate surface area is 194 Å². The van der Waals surface area contributed by atoms with Crippen molar-refractivity contribution in [2.75, 3.05) is 7.11 Å². The maximum absolute atomic E-state index is 12.6. The van der Waals surface area contributed by atoms with E-state index < -0.39 is 5.97 Å². The molecule has 0 aliphatic carbocycles. The van der Waals surface area contributed by atoms with Crippen molar-refractivity contribution in [3.63, 3.8) is 0 Å². The average molecular weight is 499 g/mol. The molecule has 0 spiro atoms. The van der Waals surface area contributed by atoms with Crippen LogP contribution < -0.4 is 14.9 Å². The van der Waals surface area contributed by atoms with E-state index >= 15 is 0 Å². The van der Waals surface area contributed by atoms with Gasteiger partial charge in [0.05, 0.1) is 34.2 Å². The highest BCUT2D eigenvalue weighted by Crippen LogP contribution is 2.22. The van der Waals surface area contributed by atoms with E-state index in [1.807, 2.05) is 13.8 Å². The fourth-order valence-corrected chi connectivity index (χ4v) is 3.25. The molecule has 1 heterocycles. The van der Waals surface area contributed by atoms with Gasteiger partial charge in [-0.2, -0.15) is 10.2 Å². The normalized spacial score (nSPS) is 11.2. The standard InChI is InChI=1S/C23H23BrN4O4/c1-14(25-26-21(29)13-28-16(3)22(24)15(2)27-28)19-10-5-6-11-20(19)32-23(30)17-8-7-9-18(12-17)31-4/h5-12H,13H2,1-4H3,(H,26,29). The molecule has 0 radical (unpaired) electrons. The fraction of sp³-hybridized carbons (Fsp3) is 0.217. The zero-order valence-electron chi connectivity index (χ0n) is 18.2. The number of rotatable bonds is 7. The number of hydrogen-bond donors (Lipinski definition) is 1. The maximum Gasteiger partial charge on any atom is 0.343 e. The molecular weight excluding hydrogens is 476 g/mol. The Hall–Kier alpha value is -3.46. The van der Waals surface area contributed by atoms with Gasteiger partial charge >= 0.3 is 5.97 Å². The van der Waals surface area contributed by atoms with Crippen molar-refractivity contribution >= 4 is 33.5 Å². The van der Waals surface area contributed by atoms with Crippen LogP contribution in [-0.4, -0.2) is 34.5 Å². The first kappa shape index (κ1) is 23.2. The van der Waals surface area contributed by atoms with Crippen LogP contribution in [0.5, 0.6) is 11.5 Å². The maximum atomic E-state index is 12.6. The second-order valence-electron chi connectivity index (χ2n) is 6.99. The van der Waals surface area contributed by atoms with E-state index in [1.165, 1.54) is 7.11 Å². The third kappa shape index (κ3) is 5.42. The van der Waals surface area contributed by atoms with Crippen LogP contribution in [0.15, 0.2) is 58.1 Å². The Morgan fingerprint density at radius 2 is 1.91 bits per heavy atom. The monoisotopic (exact) mass is 498 g/mol. The van der Waals surface area contributed by atoms with Gasteiger partial charge in [0, 0.05) is 5.56 Å². The zero-order chi connectivity index (χ0) is 23.3. The van der Waals surface area contributed by atoms with Crippen LogP contribution in [-0.2, 0) is 11.3 Å². The number of aryl methyl sites for hydroxylation is 1. The molecule has 0 saturated carbocycles. The Morgan fingerprint density at radius 3 is 2.59 bits per heavy atom. The van der Waals surface area contributed by atoms with Gasteiger partial charge in [-0.15, -0.1) is 0 Å². The number of hydrogen-bond acceptors (Lipinski definition) is 6. The van der Waals surface area contributed by atoms with Crippen LogP contribution in [0.25, 0.3) is 0 Å². The molecule has 0 saturated heterocycles. The van der Waals surface area contributed by atoms with Crippen molar-refractivity contribution in [3.8, 4) is 11.5 Å². The minimum absolute atomic E-state index is 0.0293. The van der Waals surface area contributed by atoms with Crippen LogP contribution in [0.2, 0.25) is 0 Å². The van der Waals surface area contributed by atoms with Gasteiger partial charge in [-0.05, 0) is 67.0 Å². The van der Waals surface area contributed by atoms with E-state index in [2.05, 4.69) is 31.6 Å². The summed E-state index contributed by atoms with van der Waals surface area (Å²) in [4.78, 5) is 24.9. The van der Waals surface area contributed by atoms with Crippen molar-refractivity contribution in [1.29, 1.82) is 0 Å². The molecule has 0 aliphatic rings. The first-order valence-corrected chi connectivity index (χ1v) is 10.6. The molecule has 32 heavy (non-hydrogen) atoms. The molecule has 1 amide bonds. The molecular formula is C23H23BrN4O4. The lowest BCUT2D eigenvalue weighted by atomic mass is 10.1. The molecule has 2 aromatic carbocycles. The highest BCUT2D eigenvalue weighted by molar-refractivity contribution is 9.10. The van der Waals surface area contributed by atoms with E-state index in [1.54, 1.807) is 60.1 Å². The fourth-order valence-electron chi connectivity index (χ4n) is 2.97. The average Bonchev–Trinajstić information content (AvgIpc) is 3.04. The number of para-hydroxylation sites is 1. The van der Waals surface area contributed by atoms with E-state index in [4.69, 9.17) is 9.47 Å². The highest BCUT2D eigenvalue weighted by Gasteiger charge is 2.15. The highest BCUT2D eigenvalue weighted by atomic mass is 79.9. The van der Waals surface area contributed by atoms with E-state index in [-0.39, 0.29) is 12.5 Å². The number of esters is 1. The summed E-state index contributed by atoms with van der Waals surface area (Å²) in [7, 11) is 1.53. The van der Waals surface area contributed by atoms with Crippen molar-refractivity contribution < 1.29 is 19.1 Å². The van der Waals surface area contributed by atoms with E-state index in [0.717, 1.165) is 15.9 Å². The second-order valence-corrected chi connectivity index (χ2v) is 7.79. The Bertz CT molecular complexity index is 1190. The number of nitrogens with zero attached hydrogens (tertiary/aromatic N) is 3. The Kier molecular flexibility index (Phi) is 7.42. The number of amides is 1. The SMILES string of the molecule is COc1cccc(C(=O)Oc2ccccc2C(C)=NNC(=O)Cn2nc(C)c(Br)c2C)c1. The van der Waals surface area contributed by atoms with Crippen molar-refractivity contribution in [1.82, 2.24) is 15.2 Å². The summed E-state index contributed by atoms with van der Waals surface area (Å²) in [6, 6.07) is 13.7. The van der Waals surface area contributed by atoms with Crippen molar-refractivity contribution in [3.05, 3.63) is 75.5 Å². The van der Waals surface area contributed by atoms with Crippen molar-refractivity contribution in [2.24, 2.45) is 5.10 Å². The van der Waals surface area contributed by atoms with Crippen molar-refractivity contribution in [2.45, 2.75) is 27.3 Å². The summed E-state index contributed by atoms with van der Waals surface area (Å²) in [6.45, 7) is 5.48. The number of benzene rings is 2. The lowest BCUT2D eigenvalue weighted by Gasteiger charge is -2.11. The molecule has 1 N–H and O–H groups in total. The molecule has 8 nitrogen and oxygen atoms in total. The number of halogens is 1. The number of carbonyl (C=O) groups excluding carboxylic acids is 2. The molecule has 0 bridgehead atoms. The van der Waals surface area contributed by atoms with Gasteiger partial charge in [0.25, 0.3) is 5.91 Å². The second kappa shape index (κ2) is 10.2. The number of hydrazone groups is 1. The first-order chi connectivity index (χ1) is 15.3. The summed E-state index contributed by atoms with van der Waals surface area (Å²) in [6.07, 6.45) is 0. The largest absolute Gasteiger partial charge is 0.497 e. The summed E-state index contributed by atoms with van der Waals surface area (Å²) < 4.78 is 13.2. The summed E-state index contributed by atoms with van der Waals surface area (Å²) >= 11 is 3.44. The Balaban J connectivity index is 1.72. The number of nitrogens with one attached hydrogen (secondary N) is 1. The van der Waals surface area contributed by atoms with Gasteiger partial charge < -0.3 is 9.47 Å². The van der Waals surface area contributed by atoms with Gasteiger partial charge in [0.15, 0.2) is 0 Å². The number of ether oxygens (including phenoxy) is 2. The summed E-state index contributed by atoms with van der Waals surface area (Å²) in [5.41, 5.74) is 5.62. The quantitative estimate of drug-likeness (QED) is 0.229. The van der Waals surface area contributed by atoms with Gasteiger partial charge in [-0.25, -0.2) is 10.2 Å². The van der Waals surface area contributed by atoms with E-state index in [9.17, 15) is 9.59 Å². The molecule has 1 aromatic heterocycles. The topological polar surface area (TPSA) is 94.8 Å². The molecule has 0 atom stereocenters. The molecule has 0 aliphatic heterocycles. The van der Waals surface area contributed by atoms with Gasteiger partial charge in [-0.3, -0.25) is 9.48 Å². The predicted molar refractivity (Wildman–Crippen MR) is 124 cm³/mol. The lowest BCUT2D eigenvalue weighted by Crippen LogP contribution is -2.25. The lowest BCUT2D eigenvalue weighted by molar-refractivity contribution is -0.121. The van der Waals surface area contributed by atoms with Crippen LogP contribution in [0.1, 0.15) is 34.2 Å². The minimum atomic E-state index is -0.525. The third-order valence-electron chi connectivity index (χ3n) is 4.72. The first-order valence-electron chi connectivity index (χ1n) is 9.78. The number of aromatic nitrogens is 2. The minimum Gasteiger partial charge on any atom is -0.497 e. The molecule has 166 valence electrons. The molecule has 0 fully saturated rings. The zero-order valence-corrected chi connectivity index (χ0v) is 19.8. The predicted octanol–water partition coefficient (Wildman–Crippen LogP) is 4.03. The molecule has 0 unspecified atom stereocenters. The summed E-state index contributed by atoms with van der Waals surface area (Å²) in [5, 5.41) is 8.49. The number of carbonyl (C=O) groups is 2. The van der Waals surface area contributed by atoms with Gasteiger partial charge in [0.1, 0.15) is 18.0 Å². The molecule has 3 rings (SSSR count). The summed E-state index contributed by atoms with van der Waals surface area (Å²) in [5.74, 6) is 0.0396. The van der Waals surface area contributed by atoms with Crippen LogP contribution in [0.3, 0.4) is 0 Å². The molecule has 3 aromatic rings. The van der Waals surface area contributed by atoms with Crippen LogP contribution in [0.4, 0.5) is 0 Å². The smallest absolute Gasteiger partial charge is 0.343 e. The van der Waals surface area contributed by atoms with Crippen LogP contribution in [0, 0.1) is 13.8 Å². The van der Waals surface area contributed by atoms with Crippen LogP contribution >= 0.6 is 15.9 Å². The molecule has 9 heteroatoms. The van der Waals surface area contributed by atoms with E-state index in [0.29, 0.717) is 28.3 Å². The third-order valence-corrected chi connectivity index (χ3v) is 5.87. The number of methoxy groups -OCH3 is 1. The Morgan fingerprint density at radius 1 is 1.16 bits per heavy atom. The van der Waals surface area contributed by atoms with Gasteiger partial charge in [0.2, 0.25) is 0 Å².